The van der Waals surface area contributed by atoms with Crippen LogP contribution in [0.3, 0.4) is 0 Å². The zero-order valence-electron chi connectivity index (χ0n) is 4.02. The number of hydrogen-bond donors (Lipinski definition) is 2. The molecule has 2 N–H and O–H groups in total. The van der Waals surface area contributed by atoms with E-state index in [2.05, 4.69) is 17.7 Å². The van der Waals surface area contributed by atoms with Gasteiger partial charge >= 0.3 is 0 Å². The van der Waals surface area contributed by atoms with Gasteiger partial charge in [-0.3, -0.25) is 11.8 Å². The fourth-order valence-corrected chi connectivity index (χ4v) is 0.0884. The van der Waals surface area contributed by atoms with Crippen molar-refractivity contribution in [2.45, 2.75) is 0 Å². The van der Waals surface area contributed by atoms with Crippen LogP contribution in [-0.2, 0) is 21.1 Å². The first-order valence-electron chi connectivity index (χ1n) is 1.56. The summed E-state index contributed by atoms with van der Waals surface area (Å²) in [5.74, 6) is 0. The molecule has 42 valence electrons. The van der Waals surface area contributed by atoms with Crippen molar-refractivity contribution in [3.63, 3.8) is 0 Å². The summed E-state index contributed by atoms with van der Waals surface area (Å²) in [6.45, 7) is 0. The molecule has 0 aromatic heterocycles. The minimum Gasteiger partial charge on any atom is -0.490 e. The van der Waals surface area contributed by atoms with E-state index < -0.39 is 0 Å². The molecule has 0 unspecified atom stereocenters. The van der Waals surface area contributed by atoms with Crippen LogP contribution in [0, 0.1) is 7.05 Å². The van der Waals surface area contributed by atoms with E-state index in [1.54, 1.807) is 0 Å². The van der Waals surface area contributed by atoms with Crippen molar-refractivity contribution >= 4 is 6.03 Å². The molecule has 4 heteroatoms. The Bertz CT molecular complexity index is 50.9. The molecule has 0 radical (unpaired) electrons. The summed E-state index contributed by atoms with van der Waals surface area (Å²) in [5.41, 5.74) is 0. The summed E-state index contributed by atoms with van der Waals surface area (Å²) in [7, 11) is 4.62. The van der Waals surface area contributed by atoms with E-state index in [1.807, 2.05) is 0 Å². The maximum absolute atomic E-state index is 9.90. The van der Waals surface area contributed by atoms with Gasteiger partial charge in [-0.1, -0.05) is 0 Å². The summed E-state index contributed by atoms with van der Waals surface area (Å²) in [6.07, 6.45) is 0. The average molecular weight is 271 g/mol. The second-order valence-electron chi connectivity index (χ2n) is 0.756. The number of carbonyl (C=O) groups excluding carboxylic acids is 1. The molecule has 0 saturated heterocycles. The zero-order chi connectivity index (χ0) is 4.99. The van der Waals surface area contributed by atoms with Crippen molar-refractivity contribution in [1.82, 2.24) is 10.6 Å². The van der Waals surface area contributed by atoms with E-state index >= 15 is 0 Å². The molecule has 0 fully saturated rings. The minimum absolute atomic E-state index is 0. The minimum atomic E-state index is -0.269. The third kappa shape index (κ3) is 5.96. The molecule has 0 rings (SSSR count). The summed E-state index contributed by atoms with van der Waals surface area (Å²) >= 11 is 0. The summed E-state index contributed by atoms with van der Waals surface area (Å²) in [5, 5.41) is 4.42. The number of hydrogen-bond acceptors (Lipinski definition) is 1. The first kappa shape index (κ1) is 10.0. The molecule has 0 aliphatic heterocycles. The fourth-order valence-electron chi connectivity index (χ4n) is 0.0884. The number of urea groups is 1. The smallest absolute Gasteiger partial charge is 0.284 e. The monoisotopic (exact) mass is 271 g/mol. The maximum atomic E-state index is 9.90. The number of carbonyl (C=O) groups is 1. The molecule has 0 heterocycles. The van der Waals surface area contributed by atoms with Gasteiger partial charge in [0, 0.05) is 28.1 Å². The van der Waals surface area contributed by atoms with Crippen LogP contribution >= 0.6 is 0 Å². The molecular weight excluding hydrogens is 264 g/mol. The van der Waals surface area contributed by atoms with Crippen molar-refractivity contribution in [3.05, 3.63) is 7.05 Å². The SMILES string of the molecule is [CH2-]NC(=O)NC.[W]. The van der Waals surface area contributed by atoms with Crippen LogP contribution in [-0.4, -0.2) is 13.1 Å². The standard InChI is InChI=1S/C3H7N2O.W/c1-4-3(6)5-2;/h1H2,2H3,(H2,4,5,6);/q-1;. The number of rotatable bonds is 0. The van der Waals surface area contributed by atoms with Gasteiger partial charge in [0.15, 0.2) is 0 Å². The summed E-state index contributed by atoms with van der Waals surface area (Å²) < 4.78 is 0. The molecule has 0 bridgehead atoms. The van der Waals surface area contributed by atoms with Gasteiger partial charge in [-0.25, -0.2) is 0 Å². The first-order valence-corrected chi connectivity index (χ1v) is 1.56. The van der Waals surface area contributed by atoms with Crippen molar-refractivity contribution < 1.29 is 25.9 Å². The number of nitrogens with one attached hydrogen (secondary N) is 2. The van der Waals surface area contributed by atoms with Crippen molar-refractivity contribution in [2.24, 2.45) is 0 Å². The Morgan fingerprint density at radius 1 is 1.71 bits per heavy atom. The predicted molar refractivity (Wildman–Crippen MR) is 22.9 cm³/mol. The van der Waals surface area contributed by atoms with Gasteiger partial charge in [0.05, 0.1) is 0 Å². The molecule has 7 heavy (non-hydrogen) atoms. The maximum Gasteiger partial charge on any atom is 0.284 e. The second kappa shape index (κ2) is 5.96. The third-order valence-electron chi connectivity index (χ3n) is 0.388. The third-order valence-corrected chi connectivity index (χ3v) is 0.388. The fraction of sp³-hybridized carbons (Fsp3) is 0.333. The molecule has 0 aliphatic rings. The Morgan fingerprint density at radius 3 is 2.14 bits per heavy atom. The Hall–Kier alpha value is -0.0417. The molecule has 2 amide bonds. The Balaban J connectivity index is 0. The van der Waals surface area contributed by atoms with Gasteiger partial charge in [0.25, 0.3) is 6.03 Å². The van der Waals surface area contributed by atoms with E-state index in [4.69, 9.17) is 0 Å². The van der Waals surface area contributed by atoms with Crippen LogP contribution in [0.5, 0.6) is 0 Å². The predicted octanol–water partition coefficient (Wildman–Crippen LogP) is -0.296. The van der Waals surface area contributed by atoms with Crippen LogP contribution in [0.4, 0.5) is 4.79 Å². The molecule has 0 saturated carbocycles. The van der Waals surface area contributed by atoms with E-state index in [-0.39, 0.29) is 27.1 Å². The Labute approximate surface area is 57.1 Å². The quantitative estimate of drug-likeness (QED) is 0.584. The Morgan fingerprint density at radius 2 is 2.14 bits per heavy atom. The Kier molecular flexibility index (Phi) is 8.55. The van der Waals surface area contributed by atoms with Gasteiger partial charge < -0.3 is 10.6 Å². The van der Waals surface area contributed by atoms with Crippen LogP contribution in [0.15, 0.2) is 0 Å². The molecule has 0 spiro atoms. The van der Waals surface area contributed by atoms with Crippen molar-refractivity contribution in [3.8, 4) is 0 Å². The molecule has 0 aromatic carbocycles. The van der Waals surface area contributed by atoms with Crippen LogP contribution in [0.2, 0.25) is 0 Å². The van der Waals surface area contributed by atoms with Gasteiger partial charge in [-0.2, -0.15) is 0 Å². The van der Waals surface area contributed by atoms with Crippen LogP contribution in [0.25, 0.3) is 0 Å². The summed E-state index contributed by atoms with van der Waals surface area (Å²) in [6, 6.07) is -0.269. The molecule has 0 atom stereocenters. The van der Waals surface area contributed by atoms with Gasteiger partial charge in [-0.05, 0) is 0 Å². The molecule has 0 aromatic rings. The van der Waals surface area contributed by atoms with Crippen LogP contribution in [0.1, 0.15) is 0 Å². The van der Waals surface area contributed by atoms with E-state index in [0.717, 1.165) is 0 Å². The zero-order valence-corrected chi connectivity index (χ0v) is 6.96. The summed E-state index contributed by atoms with van der Waals surface area (Å²) in [4.78, 5) is 9.90. The van der Waals surface area contributed by atoms with E-state index in [9.17, 15) is 4.79 Å². The first-order chi connectivity index (χ1) is 2.81. The van der Waals surface area contributed by atoms with Crippen molar-refractivity contribution in [1.29, 1.82) is 0 Å². The molecule has 3 nitrogen and oxygen atoms in total. The van der Waals surface area contributed by atoms with Gasteiger partial charge in [0.1, 0.15) is 0 Å². The van der Waals surface area contributed by atoms with Gasteiger partial charge in [0.2, 0.25) is 0 Å². The topological polar surface area (TPSA) is 41.1 Å². The molecule has 0 aliphatic carbocycles. The van der Waals surface area contributed by atoms with E-state index in [1.165, 1.54) is 7.05 Å². The van der Waals surface area contributed by atoms with E-state index in [0.29, 0.717) is 0 Å². The van der Waals surface area contributed by atoms with Gasteiger partial charge in [-0.15, -0.1) is 0 Å². The second-order valence-corrected chi connectivity index (χ2v) is 0.756. The largest absolute Gasteiger partial charge is 0.490 e. The van der Waals surface area contributed by atoms with Crippen molar-refractivity contribution in [2.75, 3.05) is 7.05 Å². The molecular formula is C3H7N2OW-. The van der Waals surface area contributed by atoms with Crippen LogP contribution < -0.4 is 10.6 Å². The average Bonchev–Trinajstić information content (AvgIpc) is 1.65. The normalized spacial score (nSPS) is 6.00. The number of amides is 2.